The first-order valence-electron chi connectivity index (χ1n) is 9.91. The van der Waals surface area contributed by atoms with E-state index in [1.807, 2.05) is 60.7 Å². The fourth-order valence-corrected chi connectivity index (χ4v) is 3.66. The Bertz CT molecular complexity index is 1020. The third-order valence-corrected chi connectivity index (χ3v) is 5.23. The Balaban J connectivity index is 1.43. The SMILES string of the molecule is O=C(Nc1ccccc1)C1CCCN(c2cnn(Cc3ccccc3)c(=O)c2)C1. The fraction of sp³-hybridized carbons (Fsp3) is 0.261. The minimum Gasteiger partial charge on any atom is -0.369 e. The minimum atomic E-state index is -0.137. The molecule has 1 aliphatic rings. The number of nitrogens with one attached hydrogen (secondary N) is 1. The van der Waals surface area contributed by atoms with Crippen LogP contribution in [0.1, 0.15) is 18.4 Å². The molecule has 1 atom stereocenters. The lowest BCUT2D eigenvalue weighted by molar-refractivity contribution is -0.120. The van der Waals surface area contributed by atoms with E-state index < -0.39 is 0 Å². The zero-order valence-electron chi connectivity index (χ0n) is 16.2. The summed E-state index contributed by atoms with van der Waals surface area (Å²) in [6.45, 7) is 1.85. The molecule has 1 fully saturated rings. The molecule has 6 heteroatoms. The van der Waals surface area contributed by atoms with Gasteiger partial charge in [0.2, 0.25) is 5.91 Å². The highest BCUT2D eigenvalue weighted by atomic mass is 16.2. The van der Waals surface area contributed by atoms with Crippen molar-refractivity contribution in [2.24, 2.45) is 5.92 Å². The van der Waals surface area contributed by atoms with E-state index >= 15 is 0 Å². The summed E-state index contributed by atoms with van der Waals surface area (Å²) in [5, 5.41) is 7.33. The van der Waals surface area contributed by atoms with Crippen molar-refractivity contribution in [1.29, 1.82) is 0 Å². The van der Waals surface area contributed by atoms with Gasteiger partial charge in [0.15, 0.2) is 0 Å². The largest absolute Gasteiger partial charge is 0.369 e. The summed E-state index contributed by atoms with van der Waals surface area (Å²) in [4.78, 5) is 27.3. The molecule has 6 nitrogen and oxygen atoms in total. The standard InChI is InChI=1S/C23H24N4O2/c28-22-14-21(15-24-27(22)16-18-8-3-1-4-9-18)26-13-7-10-19(17-26)23(29)25-20-11-5-2-6-12-20/h1-6,8-9,11-12,14-15,19H,7,10,13,16-17H2,(H,25,29). The van der Waals surface area contributed by atoms with Gasteiger partial charge >= 0.3 is 0 Å². The minimum absolute atomic E-state index is 0.0197. The van der Waals surface area contributed by atoms with Crippen molar-refractivity contribution < 1.29 is 4.79 Å². The van der Waals surface area contributed by atoms with E-state index in [0.717, 1.165) is 36.3 Å². The lowest BCUT2D eigenvalue weighted by Crippen LogP contribution is -2.41. The number of piperidine rings is 1. The van der Waals surface area contributed by atoms with Crippen LogP contribution in [0, 0.1) is 5.92 Å². The molecule has 1 saturated heterocycles. The van der Waals surface area contributed by atoms with Gasteiger partial charge < -0.3 is 10.2 Å². The quantitative estimate of drug-likeness (QED) is 0.729. The molecule has 1 unspecified atom stereocenters. The molecule has 2 heterocycles. The van der Waals surface area contributed by atoms with E-state index in [2.05, 4.69) is 15.3 Å². The third kappa shape index (κ3) is 4.71. The molecule has 0 bridgehead atoms. The number of aromatic nitrogens is 2. The number of hydrogen-bond acceptors (Lipinski definition) is 4. The maximum atomic E-state index is 12.6. The molecule has 148 valence electrons. The Morgan fingerprint density at radius 2 is 1.79 bits per heavy atom. The number of hydrogen-bond donors (Lipinski definition) is 1. The molecule has 0 radical (unpaired) electrons. The number of carbonyl (C=O) groups excluding carboxylic acids is 1. The number of anilines is 2. The van der Waals surface area contributed by atoms with Crippen LogP contribution in [0.2, 0.25) is 0 Å². The monoisotopic (exact) mass is 388 g/mol. The van der Waals surface area contributed by atoms with Gasteiger partial charge in [-0.3, -0.25) is 9.59 Å². The van der Waals surface area contributed by atoms with Crippen molar-refractivity contribution in [3.63, 3.8) is 0 Å². The van der Waals surface area contributed by atoms with Crippen molar-refractivity contribution in [2.45, 2.75) is 19.4 Å². The molecule has 1 N–H and O–H groups in total. The van der Waals surface area contributed by atoms with Crippen molar-refractivity contribution in [2.75, 3.05) is 23.3 Å². The average molecular weight is 388 g/mol. The highest BCUT2D eigenvalue weighted by molar-refractivity contribution is 5.93. The maximum Gasteiger partial charge on any atom is 0.269 e. The number of amides is 1. The highest BCUT2D eigenvalue weighted by Gasteiger charge is 2.26. The summed E-state index contributed by atoms with van der Waals surface area (Å²) in [6, 6.07) is 20.9. The number of benzene rings is 2. The molecule has 1 aliphatic heterocycles. The van der Waals surface area contributed by atoms with Crippen LogP contribution >= 0.6 is 0 Å². The topological polar surface area (TPSA) is 67.2 Å². The molecule has 29 heavy (non-hydrogen) atoms. The Labute approximate surface area is 169 Å². The van der Waals surface area contributed by atoms with E-state index in [1.54, 1.807) is 12.3 Å². The van der Waals surface area contributed by atoms with Crippen molar-refractivity contribution in [3.8, 4) is 0 Å². The molecular weight excluding hydrogens is 364 g/mol. The molecule has 1 amide bonds. The second-order valence-electron chi connectivity index (χ2n) is 7.34. The van der Waals surface area contributed by atoms with Gasteiger partial charge in [-0.2, -0.15) is 5.10 Å². The molecule has 4 rings (SSSR count). The summed E-state index contributed by atoms with van der Waals surface area (Å²) >= 11 is 0. The summed E-state index contributed by atoms with van der Waals surface area (Å²) in [7, 11) is 0. The number of rotatable bonds is 5. The summed E-state index contributed by atoms with van der Waals surface area (Å²) in [5.74, 6) is -0.0954. The second-order valence-corrected chi connectivity index (χ2v) is 7.34. The first-order chi connectivity index (χ1) is 14.2. The van der Waals surface area contributed by atoms with Gasteiger partial charge in [-0.1, -0.05) is 48.5 Å². The lowest BCUT2D eigenvalue weighted by atomic mass is 9.96. The van der Waals surface area contributed by atoms with E-state index in [-0.39, 0.29) is 17.4 Å². The van der Waals surface area contributed by atoms with Crippen LogP contribution in [-0.4, -0.2) is 28.8 Å². The predicted octanol–water partition coefficient (Wildman–Crippen LogP) is 3.15. The highest BCUT2D eigenvalue weighted by Crippen LogP contribution is 2.23. The van der Waals surface area contributed by atoms with E-state index in [0.29, 0.717) is 13.1 Å². The first-order valence-corrected chi connectivity index (χ1v) is 9.91. The van der Waals surface area contributed by atoms with Gasteiger partial charge in [0.25, 0.3) is 5.56 Å². The van der Waals surface area contributed by atoms with Crippen LogP contribution in [0.4, 0.5) is 11.4 Å². The summed E-state index contributed by atoms with van der Waals surface area (Å²) < 4.78 is 1.46. The maximum absolute atomic E-state index is 12.6. The molecule has 2 aromatic carbocycles. The molecule has 0 spiro atoms. The van der Waals surface area contributed by atoms with E-state index in [1.165, 1.54) is 4.68 Å². The zero-order chi connectivity index (χ0) is 20.1. The molecule has 1 aromatic heterocycles. The summed E-state index contributed by atoms with van der Waals surface area (Å²) in [6.07, 6.45) is 3.47. The van der Waals surface area contributed by atoms with Crippen LogP contribution in [-0.2, 0) is 11.3 Å². The van der Waals surface area contributed by atoms with Crippen molar-refractivity contribution in [1.82, 2.24) is 9.78 Å². The molecular formula is C23H24N4O2. The van der Waals surface area contributed by atoms with Crippen LogP contribution in [0.15, 0.2) is 77.7 Å². The Morgan fingerprint density at radius 1 is 1.07 bits per heavy atom. The normalized spacial score (nSPS) is 16.4. The van der Waals surface area contributed by atoms with Gasteiger partial charge in [-0.05, 0) is 30.5 Å². The van der Waals surface area contributed by atoms with Gasteiger partial charge in [-0.25, -0.2) is 4.68 Å². The van der Waals surface area contributed by atoms with E-state index in [9.17, 15) is 9.59 Å². The van der Waals surface area contributed by atoms with Crippen LogP contribution < -0.4 is 15.8 Å². The van der Waals surface area contributed by atoms with Gasteiger partial charge in [0.1, 0.15) is 0 Å². The lowest BCUT2D eigenvalue weighted by Gasteiger charge is -2.33. The van der Waals surface area contributed by atoms with Gasteiger partial charge in [0.05, 0.1) is 24.3 Å². The predicted molar refractivity (Wildman–Crippen MR) is 114 cm³/mol. The van der Waals surface area contributed by atoms with Crippen LogP contribution in [0.25, 0.3) is 0 Å². The van der Waals surface area contributed by atoms with Gasteiger partial charge in [-0.15, -0.1) is 0 Å². The smallest absolute Gasteiger partial charge is 0.269 e. The third-order valence-electron chi connectivity index (χ3n) is 5.23. The Morgan fingerprint density at radius 3 is 2.52 bits per heavy atom. The Hall–Kier alpha value is -3.41. The van der Waals surface area contributed by atoms with Gasteiger partial charge in [0, 0.05) is 24.8 Å². The molecule has 3 aromatic rings. The average Bonchev–Trinajstić information content (AvgIpc) is 2.77. The Kier molecular flexibility index (Phi) is 5.70. The second kappa shape index (κ2) is 8.73. The number of carbonyl (C=O) groups is 1. The molecule has 0 saturated carbocycles. The zero-order valence-corrected chi connectivity index (χ0v) is 16.2. The van der Waals surface area contributed by atoms with E-state index in [4.69, 9.17) is 0 Å². The number of para-hydroxylation sites is 1. The fourth-order valence-electron chi connectivity index (χ4n) is 3.66. The van der Waals surface area contributed by atoms with Crippen molar-refractivity contribution in [3.05, 3.63) is 88.8 Å². The summed E-state index contributed by atoms with van der Waals surface area (Å²) in [5.41, 5.74) is 2.48. The van der Waals surface area contributed by atoms with Crippen LogP contribution in [0.3, 0.4) is 0 Å². The number of nitrogens with zero attached hydrogens (tertiary/aromatic N) is 3. The molecule has 0 aliphatic carbocycles. The van der Waals surface area contributed by atoms with Crippen LogP contribution in [0.5, 0.6) is 0 Å². The van der Waals surface area contributed by atoms with Crippen molar-refractivity contribution >= 4 is 17.3 Å². The first kappa shape index (κ1) is 18.9.